The summed E-state index contributed by atoms with van der Waals surface area (Å²) in [6.07, 6.45) is 6.48. The van der Waals surface area contributed by atoms with Gasteiger partial charge in [0.1, 0.15) is 10.6 Å². The molecular weight excluding hydrogens is 378 g/mol. The summed E-state index contributed by atoms with van der Waals surface area (Å²) >= 11 is 0. The number of hydrogen-bond donors (Lipinski definition) is 3. The Hall–Kier alpha value is -1.64. The van der Waals surface area contributed by atoms with Crippen LogP contribution in [0, 0.1) is 0 Å². The molecule has 1 aliphatic heterocycles. The van der Waals surface area contributed by atoms with Crippen LogP contribution in [-0.2, 0) is 10.0 Å². The van der Waals surface area contributed by atoms with Crippen LogP contribution in [0.5, 0.6) is 5.75 Å². The third kappa shape index (κ3) is 5.46. The van der Waals surface area contributed by atoms with Gasteiger partial charge in [-0.05, 0) is 57.2 Å². The lowest BCUT2D eigenvalue weighted by atomic mass is 10.0. The number of rotatable bonds is 9. The highest BCUT2D eigenvalue weighted by Gasteiger charge is 2.30. The Bertz CT molecular complexity index is 793. The van der Waals surface area contributed by atoms with E-state index in [0.29, 0.717) is 18.2 Å². The van der Waals surface area contributed by atoms with E-state index < -0.39 is 10.0 Å². The van der Waals surface area contributed by atoms with Gasteiger partial charge in [-0.3, -0.25) is 4.79 Å². The Balaban J connectivity index is 1.58. The van der Waals surface area contributed by atoms with Gasteiger partial charge in [0.05, 0.1) is 26.2 Å². The minimum absolute atomic E-state index is 0.00753. The lowest BCUT2D eigenvalue weighted by molar-refractivity contribution is -0.928. The van der Waals surface area contributed by atoms with Gasteiger partial charge in [-0.15, -0.1) is 0 Å². The van der Waals surface area contributed by atoms with E-state index in [1.807, 2.05) is 0 Å². The average Bonchev–Trinajstić information content (AvgIpc) is 3.49. The molecule has 0 spiro atoms. The summed E-state index contributed by atoms with van der Waals surface area (Å²) in [5.74, 6) is -0.0143. The summed E-state index contributed by atoms with van der Waals surface area (Å²) in [5.41, 5.74) is 0.329. The van der Waals surface area contributed by atoms with E-state index in [4.69, 9.17) is 4.74 Å². The number of methoxy groups -OCH3 is 1. The second-order valence-electron chi connectivity index (χ2n) is 7.93. The quantitative estimate of drug-likeness (QED) is 0.523. The zero-order valence-corrected chi connectivity index (χ0v) is 17.6. The van der Waals surface area contributed by atoms with Crippen LogP contribution in [0.2, 0.25) is 0 Å². The summed E-state index contributed by atoms with van der Waals surface area (Å²) in [5, 5.41) is 2.91. The van der Waals surface area contributed by atoms with Crippen molar-refractivity contribution in [2.24, 2.45) is 0 Å². The van der Waals surface area contributed by atoms with Crippen LogP contribution in [0.4, 0.5) is 0 Å². The van der Waals surface area contributed by atoms with Crippen molar-refractivity contribution in [2.45, 2.75) is 62.4 Å². The molecule has 2 aliphatic rings. The highest BCUT2D eigenvalue weighted by Crippen LogP contribution is 2.28. The molecule has 0 bridgehead atoms. The predicted molar refractivity (Wildman–Crippen MR) is 107 cm³/mol. The first-order valence-corrected chi connectivity index (χ1v) is 11.7. The number of piperidine rings is 1. The van der Waals surface area contributed by atoms with Crippen LogP contribution < -0.4 is 19.7 Å². The molecule has 2 fully saturated rings. The first-order valence-electron chi connectivity index (χ1n) is 10.2. The third-order valence-electron chi connectivity index (χ3n) is 5.66. The van der Waals surface area contributed by atoms with Crippen LogP contribution in [0.1, 0.15) is 55.8 Å². The zero-order valence-electron chi connectivity index (χ0n) is 16.8. The fourth-order valence-electron chi connectivity index (χ4n) is 3.76. The van der Waals surface area contributed by atoms with Gasteiger partial charge in [0.15, 0.2) is 0 Å². The standard InChI is InChI=1S/C20H31N3O4S/c1-15-6-3-4-12-23(15)13-5-11-21-20(24)16-7-10-18(27-2)19(14-16)28(25,26)22-17-8-9-17/h7,10,14-15,17,22H,3-6,8-9,11-13H2,1-2H3,(H,21,24)/p+1/t15-/m0/s1. The maximum atomic E-state index is 12.6. The van der Waals surface area contributed by atoms with Crippen molar-refractivity contribution in [1.29, 1.82) is 0 Å². The lowest BCUT2D eigenvalue weighted by Gasteiger charge is -2.30. The smallest absolute Gasteiger partial charge is 0.251 e. The van der Waals surface area contributed by atoms with Crippen molar-refractivity contribution in [2.75, 3.05) is 26.7 Å². The Kier molecular flexibility index (Phi) is 6.95. The molecule has 3 rings (SSSR count). The van der Waals surface area contributed by atoms with Gasteiger partial charge >= 0.3 is 0 Å². The molecule has 1 aliphatic carbocycles. The SMILES string of the molecule is COc1ccc(C(=O)NCCC[NH+]2CCCC[C@@H]2C)cc1S(=O)(=O)NC1CC1. The van der Waals surface area contributed by atoms with Gasteiger partial charge in [-0.2, -0.15) is 0 Å². The van der Waals surface area contributed by atoms with Crippen LogP contribution in [0.3, 0.4) is 0 Å². The van der Waals surface area contributed by atoms with Gasteiger partial charge in [-0.1, -0.05) is 0 Å². The van der Waals surface area contributed by atoms with Crippen LogP contribution in [-0.4, -0.2) is 53.2 Å². The molecule has 7 nitrogen and oxygen atoms in total. The molecule has 156 valence electrons. The maximum absolute atomic E-state index is 12.6. The Morgan fingerprint density at radius 1 is 1.25 bits per heavy atom. The summed E-state index contributed by atoms with van der Waals surface area (Å²) in [4.78, 5) is 14.1. The molecule has 1 unspecified atom stereocenters. The molecule has 1 heterocycles. The second kappa shape index (κ2) is 9.24. The second-order valence-corrected chi connectivity index (χ2v) is 9.61. The first-order chi connectivity index (χ1) is 13.4. The number of benzene rings is 1. The molecule has 8 heteroatoms. The number of nitrogens with one attached hydrogen (secondary N) is 3. The third-order valence-corrected chi connectivity index (χ3v) is 7.20. The molecule has 0 aromatic heterocycles. The van der Waals surface area contributed by atoms with Crippen LogP contribution in [0.15, 0.2) is 23.1 Å². The van der Waals surface area contributed by atoms with Gasteiger partial charge in [0, 0.05) is 24.6 Å². The van der Waals surface area contributed by atoms with Crippen molar-refractivity contribution in [3.8, 4) is 5.75 Å². The number of carbonyl (C=O) groups is 1. The Morgan fingerprint density at radius 3 is 2.71 bits per heavy atom. The minimum Gasteiger partial charge on any atom is -0.495 e. The Labute approximate surface area is 167 Å². The van der Waals surface area contributed by atoms with E-state index in [1.165, 1.54) is 45.0 Å². The molecule has 1 saturated heterocycles. The first kappa shape index (κ1) is 21.1. The molecule has 1 amide bonds. The highest BCUT2D eigenvalue weighted by molar-refractivity contribution is 7.89. The van der Waals surface area contributed by atoms with E-state index in [-0.39, 0.29) is 22.6 Å². The molecule has 3 N–H and O–H groups in total. The molecule has 0 radical (unpaired) electrons. The van der Waals surface area contributed by atoms with Crippen molar-refractivity contribution >= 4 is 15.9 Å². The number of ether oxygens (including phenoxy) is 1. The van der Waals surface area contributed by atoms with Crippen molar-refractivity contribution in [3.05, 3.63) is 23.8 Å². The number of amides is 1. The minimum atomic E-state index is -3.70. The molecule has 2 atom stereocenters. The molecular formula is C20H32N3O4S+. The monoisotopic (exact) mass is 410 g/mol. The average molecular weight is 411 g/mol. The summed E-state index contributed by atoms with van der Waals surface area (Å²) in [6, 6.07) is 5.22. The summed E-state index contributed by atoms with van der Waals surface area (Å²) in [6.45, 7) is 5.14. The van der Waals surface area contributed by atoms with E-state index >= 15 is 0 Å². The van der Waals surface area contributed by atoms with E-state index in [0.717, 1.165) is 25.8 Å². The fourth-order valence-corrected chi connectivity index (χ4v) is 5.26. The van der Waals surface area contributed by atoms with Crippen molar-refractivity contribution in [3.63, 3.8) is 0 Å². The predicted octanol–water partition coefficient (Wildman–Crippen LogP) is 0.713. The highest BCUT2D eigenvalue weighted by atomic mass is 32.2. The topological polar surface area (TPSA) is 88.9 Å². The van der Waals surface area contributed by atoms with Crippen molar-refractivity contribution in [1.82, 2.24) is 10.0 Å². The molecule has 28 heavy (non-hydrogen) atoms. The molecule has 1 aromatic carbocycles. The number of carbonyl (C=O) groups excluding carboxylic acids is 1. The zero-order chi connectivity index (χ0) is 20.1. The molecule has 1 saturated carbocycles. The number of sulfonamides is 1. The summed E-state index contributed by atoms with van der Waals surface area (Å²) in [7, 11) is -2.27. The van der Waals surface area contributed by atoms with Gasteiger partial charge in [0.25, 0.3) is 5.91 Å². The number of hydrogen-bond acceptors (Lipinski definition) is 4. The maximum Gasteiger partial charge on any atom is 0.251 e. The summed E-state index contributed by atoms with van der Waals surface area (Å²) < 4.78 is 33.0. The van der Waals surface area contributed by atoms with Crippen LogP contribution >= 0.6 is 0 Å². The number of quaternary nitrogens is 1. The van der Waals surface area contributed by atoms with E-state index in [2.05, 4.69) is 17.0 Å². The van der Waals surface area contributed by atoms with Gasteiger partial charge in [-0.25, -0.2) is 13.1 Å². The molecule has 1 aromatic rings. The van der Waals surface area contributed by atoms with E-state index in [9.17, 15) is 13.2 Å². The van der Waals surface area contributed by atoms with Gasteiger partial charge in [0.2, 0.25) is 10.0 Å². The fraction of sp³-hybridized carbons (Fsp3) is 0.650. The lowest BCUT2D eigenvalue weighted by Crippen LogP contribution is -3.16. The Morgan fingerprint density at radius 2 is 2.04 bits per heavy atom. The van der Waals surface area contributed by atoms with Crippen molar-refractivity contribution < 1.29 is 22.8 Å². The number of likely N-dealkylation sites (tertiary alicyclic amines) is 1. The van der Waals surface area contributed by atoms with Crippen LogP contribution in [0.25, 0.3) is 0 Å². The normalized spacial score (nSPS) is 22.6. The van der Waals surface area contributed by atoms with Gasteiger partial charge < -0.3 is 15.0 Å². The largest absolute Gasteiger partial charge is 0.495 e. The van der Waals surface area contributed by atoms with E-state index in [1.54, 1.807) is 11.0 Å².